The minimum Gasteiger partial charge on any atom is -0.377 e. The van der Waals surface area contributed by atoms with E-state index in [0.29, 0.717) is 12.0 Å². The molecule has 0 aliphatic carbocycles. The number of rotatable bonds is 1. The molecule has 3 heteroatoms. The van der Waals surface area contributed by atoms with E-state index in [1.807, 2.05) is 12.1 Å². The van der Waals surface area contributed by atoms with E-state index in [2.05, 4.69) is 29.6 Å². The SMILES string of the molecule is Fc1ccc(C2Cc3ccc4ccccc4c3N2)c(F)c1. The smallest absolute Gasteiger partial charge is 0.131 e. The highest BCUT2D eigenvalue weighted by molar-refractivity contribution is 5.96. The van der Waals surface area contributed by atoms with Crippen LogP contribution in [0.5, 0.6) is 0 Å². The number of hydrogen-bond acceptors (Lipinski definition) is 1. The Bertz CT molecular complexity index is 842. The molecular weight excluding hydrogens is 268 g/mol. The standard InChI is InChI=1S/C18H13F2N/c19-13-7-8-15(16(20)10-13)17-9-12-6-5-11-3-1-2-4-14(11)18(12)21-17/h1-8,10,17,21H,9H2. The third-order valence-corrected chi connectivity index (χ3v) is 4.10. The second-order valence-electron chi connectivity index (χ2n) is 5.39. The topological polar surface area (TPSA) is 12.0 Å². The number of nitrogens with one attached hydrogen (secondary N) is 1. The van der Waals surface area contributed by atoms with Gasteiger partial charge in [0.15, 0.2) is 0 Å². The van der Waals surface area contributed by atoms with Gasteiger partial charge in [0.2, 0.25) is 0 Å². The number of fused-ring (bicyclic) bond motifs is 3. The van der Waals surface area contributed by atoms with Gasteiger partial charge in [-0.25, -0.2) is 8.78 Å². The maximum Gasteiger partial charge on any atom is 0.131 e. The van der Waals surface area contributed by atoms with Gasteiger partial charge in [0, 0.05) is 22.7 Å². The molecule has 21 heavy (non-hydrogen) atoms. The van der Waals surface area contributed by atoms with Crippen molar-refractivity contribution >= 4 is 16.5 Å². The van der Waals surface area contributed by atoms with E-state index < -0.39 is 11.6 Å². The molecule has 3 aromatic rings. The van der Waals surface area contributed by atoms with E-state index in [1.54, 1.807) is 0 Å². The summed E-state index contributed by atoms with van der Waals surface area (Å²) in [6.07, 6.45) is 0.711. The summed E-state index contributed by atoms with van der Waals surface area (Å²) in [6, 6.07) is 15.9. The van der Waals surface area contributed by atoms with Crippen LogP contribution in [0.1, 0.15) is 17.2 Å². The van der Waals surface area contributed by atoms with E-state index in [9.17, 15) is 8.78 Å². The summed E-state index contributed by atoms with van der Waals surface area (Å²) in [6.45, 7) is 0. The molecule has 1 aliphatic heterocycles. The molecule has 1 nitrogen and oxygen atoms in total. The Morgan fingerprint density at radius 1 is 0.952 bits per heavy atom. The van der Waals surface area contributed by atoms with Gasteiger partial charge < -0.3 is 5.32 Å². The van der Waals surface area contributed by atoms with Gasteiger partial charge in [0.1, 0.15) is 11.6 Å². The average molecular weight is 281 g/mol. The second-order valence-corrected chi connectivity index (χ2v) is 5.39. The molecule has 1 heterocycles. The summed E-state index contributed by atoms with van der Waals surface area (Å²) >= 11 is 0. The minimum atomic E-state index is -0.544. The van der Waals surface area contributed by atoms with E-state index in [4.69, 9.17) is 0 Å². The van der Waals surface area contributed by atoms with Crippen LogP contribution in [0.25, 0.3) is 10.8 Å². The van der Waals surface area contributed by atoms with Crippen LogP contribution in [0.2, 0.25) is 0 Å². The van der Waals surface area contributed by atoms with Crippen LogP contribution < -0.4 is 5.32 Å². The number of anilines is 1. The molecule has 1 atom stereocenters. The normalized spacial score (nSPS) is 16.8. The lowest BCUT2D eigenvalue weighted by Crippen LogP contribution is -2.08. The molecule has 0 bridgehead atoms. The van der Waals surface area contributed by atoms with Crippen LogP contribution >= 0.6 is 0 Å². The Morgan fingerprint density at radius 2 is 1.81 bits per heavy atom. The van der Waals surface area contributed by atoms with Crippen molar-refractivity contribution in [1.82, 2.24) is 0 Å². The molecule has 0 saturated heterocycles. The van der Waals surface area contributed by atoms with Crippen molar-refractivity contribution in [2.24, 2.45) is 0 Å². The molecule has 0 amide bonds. The van der Waals surface area contributed by atoms with Crippen molar-refractivity contribution in [2.45, 2.75) is 12.5 Å². The molecule has 1 aliphatic rings. The molecular formula is C18H13F2N. The average Bonchev–Trinajstić information content (AvgIpc) is 2.91. The molecule has 0 aromatic heterocycles. The monoisotopic (exact) mass is 281 g/mol. The Kier molecular flexibility index (Phi) is 2.67. The Hall–Kier alpha value is -2.42. The summed E-state index contributed by atoms with van der Waals surface area (Å²) in [7, 11) is 0. The van der Waals surface area contributed by atoms with Gasteiger partial charge in [-0.3, -0.25) is 0 Å². The van der Waals surface area contributed by atoms with Gasteiger partial charge in [0.05, 0.1) is 6.04 Å². The summed E-state index contributed by atoms with van der Waals surface area (Å²) in [5, 5.41) is 5.69. The molecule has 0 spiro atoms. The van der Waals surface area contributed by atoms with Crippen LogP contribution in [-0.4, -0.2) is 0 Å². The lowest BCUT2D eigenvalue weighted by molar-refractivity contribution is 0.563. The van der Waals surface area contributed by atoms with Crippen molar-refractivity contribution in [3.8, 4) is 0 Å². The Balaban J connectivity index is 1.78. The number of hydrogen-bond donors (Lipinski definition) is 1. The first-order valence-corrected chi connectivity index (χ1v) is 6.94. The molecule has 0 fully saturated rings. The summed E-state index contributed by atoms with van der Waals surface area (Å²) in [4.78, 5) is 0. The minimum absolute atomic E-state index is 0.147. The van der Waals surface area contributed by atoms with Gasteiger partial charge in [-0.15, -0.1) is 0 Å². The van der Waals surface area contributed by atoms with Crippen molar-refractivity contribution < 1.29 is 8.78 Å². The van der Waals surface area contributed by atoms with Gasteiger partial charge in [-0.05, 0) is 23.4 Å². The largest absolute Gasteiger partial charge is 0.377 e. The number of benzene rings is 3. The lowest BCUT2D eigenvalue weighted by Gasteiger charge is -2.13. The predicted molar refractivity (Wildman–Crippen MR) is 80.4 cm³/mol. The zero-order valence-corrected chi connectivity index (χ0v) is 11.2. The zero-order valence-electron chi connectivity index (χ0n) is 11.2. The third-order valence-electron chi connectivity index (χ3n) is 4.10. The first kappa shape index (κ1) is 12.3. The number of halogens is 2. The highest BCUT2D eigenvalue weighted by Crippen LogP contribution is 2.39. The van der Waals surface area contributed by atoms with E-state index >= 15 is 0 Å². The zero-order chi connectivity index (χ0) is 14.4. The molecule has 3 aromatic carbocycles. The quantitative estimate of drug-likeness (QED) is 0.674. The van der Waals surface area contributed by atoms with E-state index in [-0.39, 0.29) is 6.04 Å². The predicted octanol–water partition coefficient (Wildman–Crippen LogP) is 4.83. The van der Waals surface area contributed by atoms with Crippen LogP contribution in [-0.2, 0) is 6.42 Å². The highest BCUT2D eigenvalue weighted by atomic mass is 19.1. The first-order chi connectivity index (χ1) is 10.2. The van der Waals surface area contributed by atoms with Crippen LogP contribution in [0, 0.1) is 11.6 Å². The third kappa shape index (κ3) is 1.97. The van der Waals surface area contributed by atoms with Gasteiger partial charge >= 0.3 is 0 Å². The van der Waals surface area contributed by atoms with Gasteiger partial charge in [-0.1, -0.05) is 42.5 Å². The van der Waals surface area contributed by atoms with E-state index in [0.717, 1.165) is 22.5 Å². The molecule has 4 rings (SSSR count). The maximum absolute atomic E-state index is 14.0. The molecule has 0 radical (unpaired) electrons. The van der Waals surface area contributed by atoms with Crippen molar-refractivity contribution in [2.75, 3.05) is 5.32 Å². The van der Waals surface area contributed by atoms with E-state index in [1.165, 1.54) is 17.7 Å². The fourth-order valence-corrected chi connectivity index (χ4v) is 3.07. The van der Waals surface area contributed by atoms with Crippen molar-refractivity contribution in [3.05, 3.63) is 77.4 Å². The molecule has 104 valence electrons. The summed E-state index contributed by atoms with van der Waals surface area (Å²) < 4.78 is 27.0. The fourth-order valence-electron chi connectivity index (χ4n) is 3.07. The molecule has 0 saturated carbocycles. The first-order valence-electron chi connectivity index (χ1n) is 6.94. The summed E-state index contributed by atoms with van der Waals surface area (Å²) in [5.41, 5.74) is 2.74. The lowest BCUT2D eigenvalue weighted by atomic mass is 10.0. The maximum atomic E-state index is 14.0. The van der Waals surface area contributed by atoms with Crippen LogP contribution in [0.15, 0.2) is 54.6 Å². The van der Waals surface area contributed by atoms with Crippen molar-refractivity contribution in [3.63, 3.8) is 0 Å². The van der Waals surface area contributed by atoms with Crippen molar-refractivity contribution in [1.29, 1.82) is 0 Å². The Morgan fingerprint density at radius 3 is 2.67 bits per heavy atom. The second kappa shape index (κ2) is 4.55. The van der Waals surface area contributed by atoms with Crippen LogP contribution in [0.3, 0.4) is 0 Å². The van der Waals surface area contributed by atoms with Gasteiger partial charge in [-0.2, -0.15) is 0 Å². The fraction of sp³-hybridized carbons (Fsp3) is 0.111. The van der Waals surface area contributed by atoms with Gasteiger partial charge in [0.25, 0.3) is 0 Å². The molecule has 1 N–H and O–H groups in total. The summed E-state index contributed by atoms with van der Waals surface area (Å²) in [5.74, 6) is -1.04. The van der Waals surface area contributed by atoms with Crippen LogP contribution in [0.4, 0.5) is 14.5 Å². The Labute approximate surface area is 121 Å². The molecule has 1 unspecified atom stereocenters. The highest BCUT2D eigenvalue weighted by Gasteiger charge is 2.25.